The first kappa shape index (κ1) is 11.5. The lowest BCUT2D eigenvalue weighted by molar-refractivity contribution is -0.306. The fraction of sp³-hybridized carbons (Fsp3) is 0.556. The van der Waals surface area contributed by atoms with Crippen molar-refractivity contribution >= 4 is 21.9 Å². The van der Waals surface area contributed by atoms with Crippen LogP contribution in [0.3, 0.4) is 0 Å². The molecular weight excluding hydrogens is 286 g/mol. The minimum absolute atomic E-state index is 0.133. The molecular formula is C9H8BrF2N2O2-. The molecule has 1 aliphatic carbocycles. The lowest BCUT2D eigenvalue weighted by Crippen LogP contribution is -2.28. The summed E-state index contributed by atoms with van der Waals surface area (Å²) < 4.78 is 26.5. The van der Waals surface area contributed by atoms with Gasteiger partial charge in [0.05, 0.1) is 22.7 Å². The molecule has 1 fully saturated rings. The fourth-order valence-electron chi connectivity index (χ4n) is 1.60. The Morgan fingerprint density at radius 3 is 2.69 bits per heavy atom. The van der Waals surface area contributed by atoms with Crippen molar-refractivity contribution in [2.24, 2.45) is 0 Å². The Balaban J connectivity index is 2.41. The number of carboxylic acids is 1. The van der Waals surface area contributed by atoms with Crippen molar-refractivity contribution in [1.29, 1.82) is 0 Å². The summed E-state index contributed by atoms with van der Waals surface area (Å²) in [7, 11) is 0. The number of aliphatic carboxylic acids is 1. The van der Waals surface area contributed by atoms with E-state index in [9.17, 15) is 18.7 Å². The molecule has 16 heavy (non-hydrogen) atoms. The second-order valence-electron chi connectivity index (χ2n) is 3.69. The van der Waals surface area contributed by atoms with Gasteiger partial charge in [-0.3, -0.25) is 4.68 Å². The van der Waals surface area contributed by atoms with Crippen LogP contribution in [0.5, 0.6) is 0 Å². The van der Waals surface area contributed by atoms with Gasteiger partial charge in [0.1, 0.15) is 5.69 Å². The number of rotatable bonds is 4. The first-order valence-electron chi connectivity index (χ1n) is 4.74. The van der Waals surface area contributed by atoms with Gasteiger partial charge in [-0.2, -0.15) is 5.10 Å². The Morgan fingerprint density at radius 1 is 1.62 bits per heavy atom. The molecule has 1 saturated carbocycles. The molecule has 1 aromatic rings. The van der Waals surface area contributed by atoms with E-state index >= 15 is 0 Å². The van der Waals surface area contributed by atoms with Gasteiger partial charge in [-0.15, -0.1) is 0 Å². The van der Waals surface area contributed by atoms with Gasteiger partial charge in [-0.1, -0.05) is 0 Å². The van der Waals surface area contributed by atoms with E-state index in [0.29, 0.717) is 5.69 Å². The number of halogens is 3. The van der Waals surface area contributed by atoms with E-state index in [0.717, 1.165) is 17.5 Å². The number of hydrogen-bond donors (Lipinski definition) is 0. The molecule has 88 valence electrons. The third-order valence-electron chi connectivity index (χ3n) is 2.41. The molecule has 1 aromatic heterocycles. The van der Waals surface area contributed by atoms with Crippen molar-refractivity contribution in [2.75, 3.05) is 0 Å². The van der Waals surface area contributed by atoms with Crippen LogP contribution in [0.4, 0.5) is 8.78 Å². The molecule has 0 bridgehead atoms. The summed E-state index contributed by atoms with van der Waals surface area (Å²) in [5, 5.41) is 14.1. The molecule has 1 aliphatic rings. The van der Waals surface area contributed by atoms with Gasteiger partial charge >= 0.3 is 0 Å². The Bertz CT molecular complexity index is 429. The third-order valence-corrected chi connectivity index (χ3v) is 3.22. The number of aromatic nitrogens is 2. The van der Waals surface area contributed by atoms with E-state index in [1.807, 2.05) is 0 Å². The topological polar surface area (TPSA) is 57.9 Å². The molecule has 1 heterocycles. The van der Waals surface area contributed by atoms with Gasteiger partial charge in [0.15, 0.2) is 0 Å². The number of hydrogen-bond acceptors (Lipinski definition) is 3. The summed E-state index contributed by atoms with van der Waals surface area (Å²) in [6, 6.07) is 0. The molecule has 0 aliphatic heterocycles. The highest BCUT2D eigenvalue weighted by Gasteiger charge is 2.33. The second kappa shape index (κ2) is 4.12. The Hall–Kier alpha value is -0.980. The van der Waals surface area contributed by atoms with Crippen molar-refractivity contribution in [1.82, 2.24) is 9.78 Å². The van der Waals surface area contributed by atoms with Crippen molar-refractivity contribution < 1.29 is 18.7 Å². The number of nitrogens with zero attached hydrogens (tertiary/aromatic N) is 2. The summed E-state index contributed by atoms with van der Waals surface area (Å²) in [6.07, 6.45) is -0.963. The van der Waals surface area contributed by atoms with Gasteiger partial charge in [-0.05, 0) is 28.8 Å². The first-order chi connectivity index (χ1) is 7.50. The monoisotopic (exact) mass is 293 g/mol. The molecule has 0 unspecified atom stereocenters. The van der Waals surface area contributed by atoms with Crippen LogP contribution in [0.25, 0.3) is 0 Å². The third kappa shape index (κ3) is 2.09. The fourth-order valence-corrected chi connectivity index (χ4v) is 2.38. The number of carboxylic acid groups (broad SMARTS) is 1. The Labute approximate surface area is 98.4 Å². The molecule has 0 spiro atoms. The zero-order valence-electron chi connectivity index (χ0n) is 8.12. The Morgan fingerprint density at radius 2 is 2.25 bits per heavy atom. The van der Waals surface area contributed by atoms with E-state index < -0.39 is 24.6 Å². The lowest BCUT2D eigenvalue weighted by atomic mass is 10.2. The van der Waals surface area contributed by atoms with Crippen LogP contribution in [0.2, 0.25) is 0 Å². The van der Waals surface area contributed by atoms with Crippen molar-refractivity contribution in [3.8, 4) is 0 Å². The van der Waals surface area contributed by atoms with Crippen molar-refractivity contribution in [2.45, 2.75) is 31.7 Å². The molecule has 0 amide bonds. The average Bonchev–Trinajstić information content (AvgIpc) is 2.92. The molecule has 4 nitrogen and oxygen atoms in total. The zero-order chi connectivity index (χ0) is 11.9. The molecule has 0 atom stereocenters. The van der Waals surface area contributed by atoms with Crippen LogP contribution in [0.15, 0.2) is 4.47 Å². The lowest BCUT2D eigenvalue weighted by Gasteiger charge is -2.06. The van der Waals surface area contributed by atoms with Crippen molar-refractivity contribution in [3.63, 3.8) is 0 Å². The van der Waals surface area contributed by atoms with Gasteiger partial charge in [0.2, 0.25) is 0 Å². The van der Waals surface area contributed by atoms with Crippen LogP contribution < -0.4 is 5.11 Å². The van der Waals surface area contributed by atoms with Crippen LogP contribution in [0.1, 0.15) is 36.6 Å². The first-order valence-corrected chi connectivity index (χ1v) is 5.54. The number of alkyl halides is 2. The molecule has 0 saturated heterocycles. The van der Waals surface area contributed by atoms with Crippen LogP contribution in [-0.4, -0.2) is 15.7 Å². The zero-order valence-corrected chi connectivity index (χ0v) is 9.71. The maximum Gasteiger partial charge on any atom is 0.283 e. The highest BCUT2D eigenvalue weighted by molar-refractivity contribution is 9.10. The predicted octanol–water partition coefficient (Wildman–Crippen LogP) is 1.21. The van der Waals surface area contributed by atoms with E-state index in [1.54, 1.807) is 0 Å². The normalized spacial score (nSPS) is 15.8. The summed E-state index contributed by atoms with van der Waals surface area (Å²) in [5.41, 5.74) is 0.141. The largest absolute Gasteiger partial charge is 0.548 e. The SMILES string of the molecule is O=C([O-])Cn1nc(C(F)F)c(Br)c1C1CC1. The van der Waals surface area contributed by atoms with Gasteiger partial charge in [0.25, 0.3) is 6.43 Å². The standard InChI is InChI=1S/C9H9BrF2N2O2/c10-6-7(9(11)12)13-14(3-5(15)16)8(6)4-1-2-4/h4,9H,1-3H2,(H,15,16)/p-1. The van der Waals surface area contributed by atoms with Gasteiger partial charge in [0, 0.05) is 5.92 Å². The predicted molar refractivity (Wildman–Crippen MR) is 51.9 cm³/mol. The summed E-state index contributed by atoms with van der Waals surface area (Å²) in [4.78, 5) is 10.5. The molecule has 7 heteroatoms. The van der Waals surface area contributed by atoms with E-state index in [1.165, 1.54) is 0 Å². The van der Waals surface area contributed by atoms with Crippen LogP contribution >= 0.6 is 15.9 Å². The molecule has 0 N–H and O–H groups in total. The van der Waals surface area contributed by atoms with Crippen LogP contribution in [-0.2, 0) is 11.3 Å². The highest BCUT2D eigenvalue weighted by Crippen LogP contribution is 2.45. The van der Waals surface area contributed by atoms with Gasteiger partial charge < -0.3 is 9.90 Å². The summed E-state index contributed by atoms with van der Waals surface area (Å²) >= 11 is 3.06. The number of carbonyl (C=O) groups is 1. The van der Waals surface area contributed by atoms with Gasteiger partial charge in [-0.25, -0.2) is 8.78 Å². The summed E-state index contributed by atoms with van der Waals surface area (Å²) in [6.45, 7) is -0.489. The minimum atomic E-state index is -2.71. The van der Waals surface area contributed by atoms with Crippen LogP contribution in [0, 0.1) is 0 Å². The Kier molecular flexibility index (Phi) is 2.96. The minimum Gasteiger partial charge on any atom is -0.548 e. The summed E-state index contributed by atoms with van der Waals surface area (Å²) in [5.74, 6) is -1.20. The molecule has 0 aromatic carbocycles. The van der Waals surface area contributed by atoms with E-state index in [-0.39, 0.29) is 10.4 Å². The molecule has 2 rings (SSSR count). The second-order valence-corrected chi connectivity index (χ2v) is 4.48. The maximum atomic E-state index is 12.6. The quantitative estimate of drug-likeness (QED) is 0.838. The number of carbonyl (C=O) groups excluding carboxylic acids is 1. The highest BCUT2D eigenvalue weighted by atomic mass is 79.9. The maximum absolute atomic E-state index is 12.6. The van der Waals surface area contributed by atoms with Crippen molar-refractivity contribution in [3.05, 3.63) is 15.9 Å². The average molecular weight is 294 g/mol. The van der Waals surface area contributed by atoms with E-state index in [4.69, 9.17) is 0 Å². The smallest absolute Gasteiger partial charge is 0.283 e. The van der Waals surface area contributed by atoms with E-state index in [2.05, 4.69) is 21.0 Å². The molecule has 0 radical (unpaired) electrons.